The van der Waals surface area contributed by atoms with Crippen LogP contribution in [0.5, 0.6) is 11.5 Å². The van der Waals surface area contributed by atoms with E-state index in [0.29, 0.717) is 52.1 Å². The highest BCUT2D eigenvalue weighted by Crippen LogP contribution is 2.60. The number of hydrogen-bond acceptors (Lipinski definition) is 7. The van der Waals surface area contributed by atoms with Crippen LogP contribution in [-0.2, 0) is 0 Å². The molecular formula is C23H27FN4O3S. The largest absolute Gasteiger partial charge is 0.505 e. The highest BCUT2D eigenvalue weighted by Gasteiger charge is 2.43. The number of carbonyl (C=O) groups is 1. The lowest BCUT2D eigenvalue weighted by Gasteiger charge is -2.38. The number of carbonyl (C=O) groups excluding carboxylic acids is 1. The molecule has 3 heterocycles. The third-order valence-corrected chi connectivity index (χ3v) is 7.83. The molecule has 5 rings (SSSR count). The van der Waals surface area contributed by atoms with E-state index in [2.05, 4.69) is 11.5 Å². The lowest BCUT2D eigenvalue weighted by atomic mass is 9.91. The second-order valence-corrected chi connectivity index (χ2v) is 9.73. The van der Waals surface area contributed by atoms with Crippen molar-refractivity contribution >= 4 is 39.2 Å². The third-order valence-electron chi connectivity index (χ3n) is 6.64. The maximum atomic E-state index is 15.6. The summed E-state index contributed by atoms with van der Waals surface area (Å²) in [5, 5.41) is 11.4. The number of halogens is 1. The van der Waals surface area contributed by atoms with E-state index in [1.165, 1.54) is 6.07 Å². The molecule has 0 spiro atoms. The van der Waals surface area contributed by atoms with Crippen LogP contribution < -0.4 is 26.0 Å². The predicted octanol–water partition coefficient (Wildman–Crippen LogP) is 3.55. The molecule has 1 saturated carbocycles. The molecule has 1 atom stereocenters. The molecule has 1 unspecified atom stereocenters. The van der Waals surface area contributed by atoms with E-state index in [1.807, 2.05) is 4.90 Å². The van der Waals surface area contributed by atoms with Gasteiger partial charge in [0.1, 0.15) is 21.3 Å². The summed E-state index contributed by atoms with van der Waals surface area (Å²) in [5.74, 6) is -0.538. The number of piperidine rings is 1. The number of nitrogens with zero attached hydrogens (tertiary/aromatic N) is 2. The van der Waals surface area contributed by atoms with Crippen molar-refractivity contribution in [2.75, 3.05) is 36.5 Å². The number of rotatable bonds is 5. The molecule has 32 heavy (non-hydrogen) atoms. The van der Waals surface area contributed by atoms with E-state index >= 15 is 4.39 Å². The molecule has 2 aromatic rings. The van der Waals surface area contributed by atoms with E-state index in [1.54, 1.807) is 7.11 Å². The van der Waals surface area contributed by atoms with Gasteiger partial charge in [-0.25, -0.2) is 4.39 Å². The summed E-state index contributed by atoms with van der Waals surface area (Å²) in [6.07, 6.45) is 3.86. The van der Waals surface area contributed by atoms with Gasteiger partial charge in [-0.3, -0.25) is 4.79 Å². The van der Waals surface area contributed by atoms with Gasteiger partial charge in [-0.2, -0.15) is 0 Å². The molecule has 7 nitrogen and oxygen atoms in total. The maximum absolute atomic E-state index is 15.6. The molecule has 0 radical (unpaired) electrons. The average molecular weight is 459 g/mol. The second kappa shape index (κ2) is 7.67. The first-order valence-electron chi connectivity index (χ1n) is 10.9. The lowest BCUT2D eigenvalue weighted by molar-refractivity contribution is 0.100. The van der Waals surface area contributed by atoms with Gasteiger partial charge in [-0.05, 0) is 49.8 Å². The molecule has 5 N–H and O–H groups in total. The molecular weight excluding hydrogens is 431 g/mol. The van der Waals surface area contributed by atoms with Crippen LogP contribution in [0.3, 0.4) is 0 Å². The summed E-state index contributed by atoms with van der Waals surface area (Å²) >= 11 is 1.14. The lowest BCUT2D eigenvalue weighted by Crippen LogP contribution is -2.39. The number of primary amides is 1. The van der Waals surface area contributed by atoms with Gasteiger partial charge in [0.05, 0.1) is 18.4 Å². The summed E-state index contributed by atoms with van der Waals surface area (Å²) in [5.41, 5.74) is 14.0. The van der Waals surface area contributed by atoms with Crippen LogP contribution in [0.15, 0.2) is 12.6 Å². The fraction of sp³-hybridized carbons (Fsp3) is 0.435. The van der Waals surface area contributed by atoms with Crippen LogP contribution in [0.25, 0.3) is 5.57 Å². The van der Waals surface area contributed by atoms with E-state index in [9.17, 15) is 9.90 Å². The normalized spacial score (nSPS) is 20.2. The molecule has 9 heteroatoms. The van der Waals surface area contributed by atoms with E-state index in [4.69, 9.17) is 16.2 Å². The van der Waals surface area contributed by atoms with Gasteiger partial charge in [0.25, 0.3) is 5.91 Å². The summed E-state index contributed by atoms with van der Waals surface area (Å²) < 4.78 is 21.5. The molecule has 1 aliphatic carbocycles. The fourth-order valence-electron chi connectivity index (χ4n) is 4.96. The number of nitrogens with two attached hydrogens (primary N) is 2. The minimum Gasteiger partial charge on any atom is -0.505 e. The Hall–Kier alpha value is -2.78. The topological polar surface area (TPSA) is 105 Å². The Balaban J connectivity index is 1.72. The second-order valence-electron chi connectivity index (χ2n) is 8.73. The Morgan fingerprint density at radius 2 is 2.12 bits per heavy atom. The number of amides is 1. The highest BCUT2D eigenvalue weighted by atomic mass is 32.1. The first-order valence-corrected chi connectivity index (χ1v) is 11.7. The quantitative estimate of drug-likeness (QED) is 0.633. The predicted molar refractivity (Wildman–Crippen MR) is 125 cm³/mol. The zero-order chi connectivity index (χ0) is 22.7. The molecule has 2 fully saturated rings. The van der Waals surface area contributed by atoms with Crippen molar-refractivity contribution in [3.05, 3.63) is 34.5 Å². The molecule has 1 aromatic carbocycles. The molecule has 170 valence electrons. The van der Waals surface area contributed by atoms with Crippen LogP contribution in [-0.4, -0.2) is 43.8 Å². The minimum absolute atomic E-state index is 0.0797. The Morgan fingerprint density at radius 3 is 2.75 bits per heavy atom. The Bertz CT molecular complexity index is 1130. The van der Waals surface area contributed by atoms with Gasteiger partial charge in [-0.1, -0.05) is 6.58 Å². The van der Waals surface area contributed by atoms with Crippen molar-refractivity contribution in [3.8, 4) is 11.5 Å². The Kier molecular flexibility index (Phi) is 5.05. The Morgan fingerprint density at radius 1 is 1.38 bits per heavy atom. The highest BCUT2D eigenvalue weighted by molar-refractivity contribution is 7.19. The number of benzene rings is 1. The third kappa shape index (κ3) is 3.06. The van der Waals surface area contributed by atoms with Crippen molar-refractivity contribution in [2.45, 2.75) is 31.7 Å². The van der Waals surface area contributed by atoms with E-state index in [0.717, 1.165) is 49.3 Å². The molecule has 1 saturated heterocycles. The number of hydrogen-bond donors (Lipinski definition) is 3. The van der Waals surface area contributed by atoms with Crippen LogP contribution >= 0.6 is 11.3 Å². The number of anilines is 3. The van der Waals surface area contributed by atoms with Crippen LogP contribution in [0.2, 0.25) is 0 Å². The molecule has 1 amide bonds. The number of fused-ring (bicyclic) bond motifs is 2. The summed E-state index contributed by atoms with van der Waals surface area (Å²) in [6.45, 7) is 6.10. The summed E-state index contributed by atoms with van der Waals surface area (Å²) in [7, 11) is 1.55. The SMILES string of the molecule is C=C1c2cc(F)c(N3CCCC(CN)C3)c(OC)c2N(C2CC2)c2sc(C(N)=O)c(O)c21. The van der Waals surface area contributed by atoms with Gasteiger partial charge >= 0.3 is 0 Å². The maximum Gasteiger partial charge on any atom is 0.262 e. The molecule has 3 aliphatic rings. The summed E-state index contributed by atoms with van der Waals surface area (Å²) in [4.78, 5) is 16.1. The minimum atomic E-state index is -0.700. The first-order chi connectivity index (χ1) is 15.4. The van der Waals surface area contributed by atoms with Crippen molar-refractivity contribution < 1.29 is 19.0 Å². The fourth-order valence-corrected chi connectivity index (χ4v) is 6.11. The van der Waals surface area contributed by atoms with E-state index < -0.39 is 11.7 Å². The molecule has 2 aliphatic heterocycles. The van der Waals surface area contributed by atoms with E-state index in [-0.39, 0.29) is 16.7 Å². The smallest absolute Gasteiger partial charge is 0.262 e. The zero-order valence-corrected chi connectivity index (χ0v) is 18.8. The molecule has 0 bridgehead atoms. The van der Waals surface area contributed by atoms with Gasteiger partial charge in [0, 0.05) is 24.7 Å². The number of methoxy groups -OCH3 is 1. The van der Waals surface area contributed by atoms with Gasteiger partial charge in [0.15, 0.2) is 11.6 Å². The van der Waals surface area contributed by atoms with Crippen LogP contribution in [0.1, 0.15) is 46.5 Å². The number of aromatic hydroxyl groups is 1. The van der Waals surface area contributed by atoms with Crippen molar-refractivity contribution in [3.63, 3.8) is 0 Å². The number of thiophene rings is 1. The van der Waals surface area contributed by atoms with Crippen LogP contribution in [0, 0.1) is 11.7 Å². The first kappa shape index (κ1) is 21.1. The Labute approximate surface area is 190 Å². The monoisotopic (exact) mass is 458 g/mol. The van der Waals surface area contributed by atoms with Crippen molar-refractivity contribution in [2.24, 2.45) is 17.4 Å². The van der Waals surface area contributed by atoms with Crippen molar-refractivity contribution in [1.29, 1.82) is 0 Å². The van der Waals surface area contributed by atoms with Crippen LogP contribution in [0.4, 0.5) is 20.8 Å². The summed E-state index contributed by atoms with van der Waals surface area (Å²) in [6, 6.07) is 1.64. The molecule has 1 aromatic heterocycles. The van der Waals surface area contributed by atoms with Gasteiger partial charge in [0.2, 0.25) is 0 Å². The number of ether oxygens (including phenoxy) is 1. The average Bonchev–Trinajstić information content (AvgIpc) is 3.55. The van der Waals surface area contributed by atoms with Gasteiger partial charge < -0.3 is 31.1 Å². The standard InChI is InChI=1S/C23H27FN4O3S/c1-11-14-8-15(24)18(27-7-3-4-12(9-25)10-27)20(31-2)17(14)28(13-5-6-13)23-16(11)19(29)21(32-23)22(26)30/h8,12-13,29H,1,3-7,9-10,25H2,2H3,(H2,26,30). The zero-order valence-electron chi connectivity index (χ0n) is 18.0. The van der Waals surface area contributed by atoms with Gasteiger partial charge in [-0.15, -0.1) is 11.3 Å². The van der Waals surface area contributed by atoms with Crippen molar-refractivity contribution in [1.82, 2.24) is 0 Å².